The molecule has 1 aromatic carbocycles. The van der Waals surface area contributed by atoms with Crippen LogP contribution in [-0.4, -0.2) is 112 Å². The molecule has 0 saturated heterocycles. The summed E-state index contributed by atoms with van der Waals surface area (Å²) in [5.74, 6) is -5.64. The summed E-state index contributed by atoms with van der Waals surface area (Å²) < 4.78 is 4.67. The van der Waals surface area contributed by atoms with Gasteiger partial charge in [0.15, 0.2) is 6.04 Å². The Bertz CT molecular complexity index is 1110. The molecule has 0 aromatic heterocycles. The zero-order valence-corrected chi connectivity index (χ0v) is 24.8. The molecule has 0 bridgehead atoms. The third-order valence-electron chi connectivity index (χ3n) is 5.77. The third-order valence-corrected chi connectivity index (χ3v) is 6.72. The number of ether oxygens (including phenoxy) is 1. The summed E-state index contributed by atoms with van der Waals surface area (Å²) in [6, 6.07) is 1.40. The van der Waals surface area contributed by atoms with Crippen LogP contribution in [-0.2, 0) is 39.9 Å². The summed E-state index contributed by atoms with van der Waals surface area (Å²) in [5.41, 5.74) is 12.4. The summed E-state index contributed by atoms with van der Waals surface area (Å²) in [7, 11) is 0. The number of carbonyl (C=O) groups excluding carboxylic acids is 6. The standard InChI is InChI=1S/C26H40N6O10S/c1-13(34)20(31-22(37)17(27)9-16-7-5-4-6-8-16)24(39)30-19(10-33)23(38)32-21(14(2)35)26(41)42-25(40)18(28)11-43-12-29-15(3)36/h4-8,13-14,17-21,33-35H,9-12,27-28H2,1-3H3,(H,29,36)(H,30,39)(H,31,37)(H,32,38)/t13-,14-,17+,18+,19+,20+,21+/m1/s1. The smallest absolute Gasteiger partial charge is 0.339 e. The Balaban J connectivity index is 2.79. The van der Waals surface area contributed by atoms with Gasteiger partial charge >= 0.3 is 11.9 Å². The van der Waals surface area contributed by atoms with Crippen molar-refractivity contribution in [3.05, 3.63) is 35.9 Å². The number of hydrogen-bond acceptors (Lipinski definition) is 13. The van der Waals surface area contributed by atoms with Gasteiger partial charge in [0.25, 0.3) is 0 Å². The van der Waals surface area contributed by atoms with Crippen molar-refractivity contribution in [1.29, 1.82) is 0 Å². The minimum Gasteiger partial charge on any atom is -0.394 e. The van der Waals surface area contributed by atoms with Gasteiger partial charge < -0.3 is 52.8 Å². The maximum absolute atomic E-state index is 12.9. The van der Waals surface area contributed by atoms with Crippen molar-refractivity contribution in [2.45, 2.75) is 69.6 Å². The van der Waals surface area contributed by atoms with Crippen LogP contribution in [0.15, 0.2) is 30.3 Å². The van der Waals surface area contributed by atoms with E-state index < -0.39 is 78.7 Å². The van der Waals surface area contributed by atoms with Gasteiger partial charge in [0.2, 0.25) is 23.6 Å². The number of nitrogens with two attached hydrogens (primary N) is 2. The molecule has 0 heterocycles. The second-order valence-corrected chi connectivity index (χ2v) is 10.6. The van der Waals surface area contributed by atoms with Crippen LogP contribution in [0.25, 0.3) is 0 Å². The first-order valence-corrected chi connectivity index (χ1v) is 14.3. The van der Waals surface area contributed by atoms with Crippen molar-refractivity contribution >= 4 is 47.3 Å². The first-order valence-electron chi connectivity index (χ1n) is 13.2. The van der Waals surface area contributed by atoms with Crippen molar-refractivity contribution in [2.24, 2.45) is 11.5 Å². The number of aliphatic hydroxyl groups excluding tert-OH is 3. The van der Waals surface area contributed by atoms with Crippen LogP contribution >= 0.6 is 11.8 Å². The average molecular weight is 629 g/mol. The van der Waals surface area contributed by atoms with Crippen molar-refractivity contribution in [3.63, 3.8) is 0 Å². The fourth-order valence-corrected chi connectivity index (χ4v) is 4.17. The van der Waals surface area contributed by atoms with Crippen molar-refractivity contribution in [1.82, 2.24) is 21.3 Å². The maximum atomic E-state index is 12.9. The molecule has 0 aliphatic carbocycles. The second-order valence-electron chi connectivity index (χ2n) is 9.59. The molecule has 16 nitrogen and oxygen atoms in total. The number of rotatable bonds is 17. The number of thioether (sulfide) groups is 1. The highest BCUT2D eigenvalue weighted by Crippen LogP contribution is 2.06. The maximum Gasteiger partial charge on any atom is 0.339 e. The summed E-state index contributed by atoms with van der Waals surface area (Å²) >= 11 is 1.09. The quantitative estimate of drug-likeness (QED) is 0.0345. The Morgan fingerprint density at radius 3 is 1.95 bits per heavy atom. The highest BCUT2D eigenvalue weighted by molar-refractivity contribution is 7.99. The first-order chi connectivity index (χ1) is 20.2. The van der Waals surface area contributed by atoms with Crippen LogP contribution in [0.3, 0.4) is 0 Å². The van der Waals surface area contributed by atoms with Gasteiger partial charge in [-0.15, -0.1) is 11.8 Å². The highest BCUT2D eigenvalue weighted by Gasteiger charge is 2.35. The molecule has 11 N–H and O–H groups in total. The molecule has 43 heavy (non-hydrogen) atoms. The van der Waals surface area contributed by atoms with Gasteiger partial charge in [0.1, 0.15) is 18.1 Å². The molecule has 1 aromatic rings. The summed E-state index contributed by atoms with van der Waals surface area (Å²) in [6.07, 6.45) is -2.88. The molecule has 0 spiro atoms. The lowest BCUT2D eigenvalue weighted by Gasteiger charge is -2.26. The lowest BCUT2D eigenvalue weighted by molar-refractivity contribution is -0.164. The number of hydrogen-bond donors (Lipinski definition) is 9. The molecule has 0 radical (unpaired) electrons. The molecule has 17 heteroatoms. The molecule has 0 saturated carbocycles. The lowest BCUT2D eigenvalue weighted by atomic mass is 10.0. The molecule has 0 aliphatic heterocycles. The number of amides is 4. The average Bonchev–Trinajstić information content (AvgIpc) is 2.94. The SMILES string of the molecule is CC(=O)NCSC[C@H](N)C(=O)OC(=O)[C@@H](NC(=O)[C@H](CO)NC(=O)[C@@H](NC(=O)[C@@H](N)Cc1ccccc1)[C@@H](C)O)[C@@H](C)O. The van der Waals surface area contributed by atoms with E-state index in [1.807, 2.05) is 0 Å². The number of esters is 2. The normalized spacial score (nSPS) is 15.8. The molecule has 0 unspecified atom stereocenters. The van der Waals surface area contributed by atoms with E-state index >= 15 is 0 Å². The fourth-order valence-electron chi connectivity index (χ4n) is 3.36. The Morgan fingerprint density at radius 2 is 1.42 bits per heavy atom. The van der Waals surface area contributed by atoms with Gasteiger partial charge in [-0.2, -0.15) is 0 Å². The zero-order valence-electron chi connectivity index (χ0n) is 24.0. The van der Waals surface area contributed by atoms with Crippen LogP contribution in [0.2, 0.25) is 0 Å². The third kappa shape index (κ3) is 13.5. The van der Waals surface area contributed by atoms with Crippen LogP contribution in [0, 0.1) is 0 Å². The van der Waals surface area contributed by atoms with Crippen LogP contribution in [0.1, 0.15) is 26.3 Å². The van der Waals surface area contributed by atoms with E-state index in [0.29, 0.717) is 0 Å². The van der Waals surface area contributed by atoms with Gasteiger partial charge in [0, 0.05) is 12.7 Å². The minimum absolute atomic E-state index is 0.0190. The van der Waals surface area contributed by atoms with E-state index in [0.717, 1.165) is 24.2 Å². The van der Waals surface area contributed by atoms with Gasteiger partial charge in [-0.1, -0.05) is 30.3 Å². The largest absolute Gasteiger partial charge is 0.394 e. The zero-order chi connectivity index (χ0) is 32.7. The van der Waals surface area contributed by atoms with Gasteiger partial charge in [-0.25, -0.2) is 9.59 Å². The van der Waals surface area contributed by atoms with Crippen LogP contribution in [0.4, 0.5) is 0 Å². The number of nitrogens with one attached hydrogen (secondary N) is 4. The van der Waals surface area contributed by atoms with E-state index in [4.69, 9.17) is 11.5 Å². The lowest BCUT2D eigenvalue weighted by Crippen LogP contribution is -2.61. The van der Waals surface area contributed by atoms with Gasteiger partial charge in [-0.05, 0) is 25.8 Å². The molecular weight excluding hydrogens is 588 g/mol. The number of aliphatic hydroxyl groups is 3. The monoisotopic (exact) mass is 628 g/mol. The molecule has 240 valence electrons. The predicted molar refractivity (Wildman–Crippen MR) is 155 cm³/mol. The van der Waals surface area contributed by atoms with Gasteiger partial charge in [-0.3, -0.25) is 19.2 Å². The van der Waals surface area contributed by atoms with E-state index in [1.54, 1.807) is 30.3 Å². The highest BCUT2D eigenvalue weighted by atomic mass is 32.2. The van der Waals surface area contributed by atoms with E-state index in [2.05, 4.69) is 26.0 Å². The molecule has 0 fully saturated rings. The van der Waals surface area contributed by atoms with Crippen molar-refractivity contribution in [2.75, 3.05) is 18.2 Å². The topological polar surface area (TPSA) is 272 Å². The first kappa shape index (κ1) is 37.4. The van der Waals surface area contributed by atoms with Crippen molar-refractivity contribution in [3.8, 4) is 0 Å². The molecular formula is C26H40N6O10S. The molecule has 7 atom stereocenters. The van der Waals surface area contributed by atoms with Crippen LogP contribution < -0.4 is 32.7 Å². The van der Waals surface area contributed by atoms with E-state index in [1.165, 1.54) is 13.8 Å². The predicted octanol–water partition coefficient (Wildman–Crippen LogP) is -4.01. The fraction of sp³-hybridized carbons (Fsp3) is 0.538. The number of carbonyl (C=O) groups is 6. The van der Waals surface area contributed by atoms with Crippen LogP contribution in [0.5, 0.6) is 0 Å². The Labute approximate surface area is 252 Å². The summed E-state index contributed by atoms with van der Waals surface area (Å²) in [6.45, 7) is 2.64. The van der Waals surface area contributed by atoms with E-state index in [-0.39, 0.29) is 24.0 Å². The van der Waals surface area contributed by atoms with E-state index in [9.17, 15) is 44.1 Å². The molecule has 1 rings (SSSR count). The second kappa shape index (κ2) is 18.8. The Kier molecular flexibility index (Phi) is 16.4. The molecule has 4 amide bonds. The Morgan fingerprint density at radius 1 is 0.837 bits per heavy atom. The minimum atomic E-state index is -1.80. The summed E-state index contributed by atoms with van der Waals surface area (Å²) in [5, 5.41) is 38.9. The van der Waals surface area contributed by atoms with Gasteiger partial charge in [0.05, 0.1) is 30.7 Å². The van der Waals surface area contributed by atoms with Crippen molar-refractivity contribution < 1.29 is 48.8 Å². The Hall–Kier alpha value is -3.61. The summed E-state index contributed by atoms with van der Waals surface area (Å²) in [4.78, 5) is 73.8. The molecule has 0 aliphatic rings. The number of benzene rings is 1.